The standard InChI is InChI=1S/C15H21N5/c1-11-7-16-8-14(19-11)13-3-5-20(6-4-13)9-15-12(2)17-10-18-15/h7-8,10,13H,3-6,9H2,1-2H3,(H,17,18). The predicted molar refractivity (Wildman–Crippen MR) is 77.3 cm³/mol. The van der Waals surface area contributed by atoms with Crippen molar-refractivity contribution in [3.05, 3.63) is 41.5 Å². The molecule has 3 heterocycles. The number of aryl methyl sites for hydroxylation is 2. The van der Waals surface area contributed by atoms with Crippen LogP contribution in [-0.4, -0.2) is 37.9 Å². The summed E-state index contributed by atoms with van der Waals surface area (Å²) in [6.45, 7) is 7.24. The Bertz CT molecular complexity index is 569. The van der Waals surface area contributed by atoms with Crippen molar-refractivity contribution in [3.8, 4) is 0 Å². The highest BCUT2D eigenvalue weighted by Crippen LogP contribution is 2.27. The highest BCUT2D eigenvalue weighted by atomic mass is 15.1. The van der Waals surface area contributed by atoms with Gasteiger partial charge in [0, 0.05) is 30.6 Å². The van der Waals surface area contributed by atoms with E-state index in [0.717, 1.165) is 43.9 Å². The van der Waals surface area contributed by atoms with Crippen molar-refractivity contribution in [1.29, 1.82) is 0 Å². The van der Waals surface area contributed by atoms with E-state index in [1.54, 1.807) is 6.33 Å². The van der Waals surface area contributed by atoms with Gasteiger partial charge in [-0.2, -0.15) is 0 Å². The first kappa shape index (κ1) is 13.2. The molecule has 0 saturated carbocycles. The monoisotopic (exact) mass is 271 g/mol. The number of hydrogen-bond donors (Lipinski definition) is 1. The van der Waals surface area contributed by atoms with E-state index < -0.39 is 0 Å². The van der Waals surface area contributed by atoms with Crippen LogP contribution in [0.1, 0.15) is 41.5 Å². The first-order valence-corrected chi connectivity index (χ1v) is 7.22. The molecule has 1 aliphatic heterocycles. The first-order valence-electron chi connectivity index (χ1n) is 7.22. The van der Waals surface area contributed by atoms with E-state index in [4.69, 9.17) is 0 Å². The van der Waals surface area contributed by atoms with Gasteiger partial charge in [0.1, 0.15) is 0 Å². The molecule has 2 aromatic heterocycles. The summed E-state index contributed by atoms with van der Waals surface area (Å²) in [6, 6.07) is 0. The lowest BCUT2D eigenvalue weighted by Crippen LogP contribution is -2.33. The SMILES string of the molecule is Cc1cncc(C2CCN(Cc3nc[nH]c3C)CC2)n1. The van der Waals surface area contributed by atoms with E-state index >= 15 is 0 Å². The van der Waals surface area contributed by atoms with Crippen molar-refractivity contribution in [2.45, 2.75) is 39.2 Å². The third kappa shape index (κ3) is 2.88. The van der Waals surface area contributed by atoms with Crippen LogP contribution >= 0.6 is 0 Å². The number of nitrogens with zero attached hydrogens (tertiary/aromatic N) is 4. The van der Waals surface area contributed by atoms with Crippen LogP contribution in [0.4, 0.5) is 0 Å². The molecule has 3 rings (SSSR count). The number of imidazole rings is 1. The number of piperidine rings is 1. The zero-order chi connectivity index (χ0) is 13.9. The lowest BCUT2D eigenvalue weighted by molar-refractivity contribution is 0.201. The van der Waals surface area contributed by atoms with Crippen LogP contribution in [0.25, 0.3) is 0 Å². The third-order valence-corrected chi connectivity index (χ3v) is 4.09. The number of aromatic nitrogens is 4. The molecule has 1 N–H and O–H groups in total. The normalized spacial score (nSPS) is 17.5. The summed E-state index contributed by atoms with van der Waals surface area (Å²) in [5.41, 5.74) is 4.51. The van der Waals surface area contributed by atoms with Gasteiger partial charge in [0.15, 0.2) is 0 Å². The topological polar surface area (TPSA) is 57.7 Å². The van der Waals surface area contributed by atoms with Gasteiger partial charge in [0.05, 0.1) is 23.4 Å². The van der Waals surface area contributed by atoms with Crippen molar-refractivity contribution in [1.82, 2.24) is 24.8 Å². The summed E-state index contributed by atoms with van der Waals surface area (Å²) in [6.07, 6.45) is 7.83. The van der Waals surface area contributed by atoms with Crippen LogP contribution in [0.2, 0.25) is 0 Å². The fourth-order valence-electron chi connectivity index (χ4n) is 2.82. The molecule has 1 fully saturated rings. The first-order chi connectivity index (χ1) is 9.72. The van der Waals surface area contributed by atoms with Gasteiger partial charge in [0.2, 0.25) is 0 Å². The minimum Gasteiger partial charge on any atom is -0.348 e. The third-order valence-electron chi connectivity index (χ3n) is 4.09. The molecule has 0 aliphatic carbocycles. The minimum absolute atomic E-state index is 0.555. The predicted octanol–water partition coefficient (Wildman–Crippen LogP) is 2.20. The molecular weight excluding hydrogens is 250 g/mol. The number of H-pyrrole nitrogens is 1. The summed E-state index contributed by atoms with van der Waals surface area (Å²) in [5, 5.41) is 0. The summed E-state index contributed by atoms with van der Waals surface area (Å²) >= 11 is 0. The van der Waals surface area contributed by atoms with Crippen molar-refractivity contribution in [3.63, 3.8) is 0 Å². The van der Waals surface area contributed by atoms with Crippen LogP contribution in [0.3, 0.4) is 0 Å². The average molecular weight is 271 g/mol. The van der Waals surface area contributed by atoms with Crippen molar-refractivity contribution in [2.75, 3.05) is 13.1 Å². The quantitative estimate of drug-likeness (QED) is 0.929. The molecule has 2 aromatic rings. The second kappa shape index (κ2) is 5.71. The molecule has 0 spiro atoms. The van der Waals surface area contributed by atoms with Gasteiger partial charge in [-0.05, 0) is 39.8 Å². The fraction of sp³-hybridized carbons (Fsp3) is 0.533. The fourth-order valence-corrected chi connectivity index (χ4v) is 2.82. The van der Waals surface area contributed by atoms with Crippen LogP contribution in [-0.2, 0) is 6.54 Å². The molecule has 0 atom stereocenters. The number of rotatable bonds is 3. The van der Waals surface area contributed by atoms with Crippen LogP contribution in [0, 0.1) is 13.8 Å². The van der Waals surface area contributed by atoms with Gasteiger partial charge >= 0.3 is 0 Å². The Morgan fingerprint density at radius 3 is 2.70 bits per heavy atom. The Morgan fingerprint density at radius 2 is 2.05 bits per heavy atom. The molecule has 1 aliphatic rings. The van der Waals surface area contributed by atoms with Gasteiger partial charge in [0.25, 0.3) is 0 Å². The number of nitrogens with one attached hydrogen (secondary N) is 1. The largest absolute Gasteiger partial charge is 0.348 e. The van der Waals surface area contributed by atoms with Crippen LogP contribution in [0.15, 0.2) is 18.7 Å². The maximum atomic E-state index is 4.61. The Labute approximate surface area is 119 Å². The lowest BCUT2D eigenvalue weighted by Gasteiger charge is -2.31. The molecule has 5 heteroatoms. The zero-order valence-electron chi connectivity index (χ0n) is 12.1. The van der Waals surface area contributed by atoms with E-state index in [1.807, 2.05) is 19.3 Å². The van der Waals surface area contributed by atoms with Gasteiger partial charge in [-0.25, -0.2) is 4.98 Å². The highest BCUT2D eigenvalue weighted by Gasteiger charge is 2.22. The van der Waals surface area contributed by atoms with Gasteiger partial charge in [-0.1, -0.05) is 0 Å². The second-order valence-corrected chi connectivity index (χ2v) is 5.61. The second-order valence-electron chi connectivity index (χ2n) is 5.61. The average Bonchev–Trinajstić information content (AvgIpc) is 2.85. The molecule has 0 unspecified atom stereocenters. The summed E-state index contributed by atoms with van der Waals surface area (Å²) < 4.78 is 0. The van der Waals surface area contributed by atoms with Gasteiger partial charge in [-0.15, -0.1) is 0 Å². The Morgan fingerprint density at radius 1 is 1.25 bits per heavy atom. The van der Waals surface area contributed by atoms with Crippen LogP contribution < -0.4 is 0 Å². The summed E-state index contributed by atoms with van der Waals surface area (Å²) in [4.78, 5) is 18.9. The van der Waals surface area contributed by atoms with Crippen molar-refractivity contribution >= 4 is 0 Å². The lowest BCUT2D eigenvalue weighted by atomic mass is 9.93. The van der Waals surface area contributed by atoms with Gasteiger partial charge < -0.3 is 4.98 Å². The Hall–Kier alpha value is -1.75. The molecule has 0 bridgehead atoms. The molecule has 5 nitrogen and oxygen atoms in total. The maximum Gasteiger partial charge on any atom is 0.0925 e. The van der Waals surface area contributed by atoms with Crippen molar-refractivity contribution < 1.29 is 0 Å². The molecule has 20 heavy (non-hydrogen) atoms. The highest BCUT2D eigenvalue weighted by molar-refractivity contribution is 5.10. The molecule has 0 aromatic carbocycles. The Kier molecular flexibility index (Phi) is 3.78. The summed E-state index contributed by atoms with van der Waals surface area (Å²) in [5.74, 6) is 0.555. The minimum atomic E-state index is 0.555. The zero-order valence-corrected chi connectivity index (χ0v) is 12.1. The number of hydrogen-bond acceptors (Lipinski definition) is 4. The number of aromatic amines is 1. The molecule has 106 valence electrons. The van der Waals surface area contributed by atoms with E-state index in [2.05, 4.69) is 31.8 Å². The molecule has 0 amide bonds. The number of likely N-dealkylation sites (tertiary alicyclic amines) is 1. The van der Waals surface area contributed by atoms with E-state index in [0.29, 0.717) is 5.92 Å². The smallest absolute Gasteiger partial charge is 0.0925 e. The van der Waals surface area contributed by atoms with E-state index in [1.165, 1.54) is 11.4 Å². The summed E-state index contributed by atoms with van der Waals surface area (Å²) in [7, 11) is 0. The van der Waals surface area contributed by atoms with E-state index in [-0.39, 0.29) is 0 Å². The van der Waals surface area contributed by atoms with Crippen LogP contribution in [0.5, 0.6) is 0 Å². The van der Waals surface area contributed by atoms with E-state index in [9.17, 15) is 0 Å². The Balaban J connectivity index is 1.58. The molecule has 0 radical (unpaired) electrons. The molecule has 1 saturated heterocycles. The maximum absolute atomic E-state index is 4.61. The molecular formula is C15H21N5. The van der Waals surface area contributed by atoms with Crippen molar-refractivity contribution in [2.24, 2.45) is 0 Å². The van der Waals surface area contributed by atoms with Gasteiger partial charge in [-0.3, -0.25) is 14.9 Å².